The summed E-state index contributed by atoms with van der Waals surface area (Å²) in [5.74, 6) is 0.202. The third-order valence-corrected chi connectivity index (χ3v) is 5.32. The van der Waals surface area contributed by atoms with Gasteiger partial charge in [0.25, 0.3) is 0 Å². The molecule has 0 atom stereocenters. The van der Waals surface area contributed by atoms with E-state index in [1.165, 1.54) is 0 Å². The number of aryl methyl sites for hydroxylation is 1. The molecule has 3 aromatic rings. The minimum absolute atomic E-state index is 0.202. The summed E-state index contributed by atoms with van der Waals surface area (Å²) in [6.07, 6.45) is 6.39. The van der Waals surface area contributed by atoms with Crippen molar-refractivity contribution < 1.29 is 9.53 Å². The zero-order valence-corrected chi connectivity index (χ0v) is 16.3. The molecule has 0 amide bonds. The summed E-state index contributed by atoms with van der Waals surface area (Å²) in [5, 5.41) is 10.3. The van der Waals surface area contributed by atoms with Gasteiger partial charge in [-0.05, 0) is 30.4 Å². The van der Waals surface area contributed by atoms with Gasteiger partial charge in [0.15, 0.2) is 5.78 Å². The third-order valence-electron chi connectivity index (χ3n) is 5.32. The van der Waals surface area contributed by atoms with Gasteiger partial charge in [-0.2, -0.15) is 0 Å². The highest BCUT2D eigenvalue weighted by Crippen LogP contribution is 2.23. The van der Waals surface area contributed by atoms with Crippen molar-refractivity contribution in [2.75, 3.05) is 26.7 Å². The first-order chi connectivity index (χ1) is 13.6. The van der Waals surface area contributed by atoms with Crippen molar-refractivity contribution in [2.45, 2.75) is 25.4 Å². The van der Waals surface area contributed by atoms with E-state index >= 15 is 0 Å². The van der Waals surface area contributed by atoms with E-state index in [2.05, 4.69) is 26.3 Å². The van der Waals surface area contributed by atoms with Crippen molar-refractivity contribution in [3.63, 3.8) is 0 Å². The number of ketones is 1. The highest BCUT2D eigenvalue weighted by atomic mass is 16.5. The topological polar surface area (TPSA) is 73.1 Å². The molecule has 7 heteroatoms. The number of piperidine rings is 1. The Morgan fingerprint density at radius 3 is 2.75 bits per heavy atom. The predicted molar refractivity (Wildman–Crippen MR) is 107 cm³/mol. The van der Waals surface area contributed by atoms with Crippen molar-refractivity contribution in [1.82, 2.24) is 24.9 Å². The lowest BCUT2D eigenvalue weighted by molar-refractivity contribution is -0.120. The average molecular weight is 379 g/mol. The van der Waals surface area contributed by atoms with Gasteiger partial charge in [0, 0.05) is 50.1 Å². The normalized spacial score (nSPS) is 15.9. The van der Waals surface area contributed by atoms with Crippen LogP contribution in [0.3, 0.4) is 0 Å². The Bertz CT molecular complexity index is 976. The second kappa shape index (κ2) is 8.16. The number of ether oxygens (including phenoxy) is 1. The van der Waals surface area contributed by atoms with Gasteiger partial charge in [-0.15, -0.1) is 5.10 Å². The minimum Gasteiger partial charge on any atom is -0.381 e. The van der Waals surface area contributed by atoms with Gasteiger partial charge in [-0.1, -0.05) is 17.3 Å². The fraction of sp³-hybridized carbons (Fsp3) is 0.429. The fourth-order valence-electron chi connectivity index (χ4n) is 3.73. The van der Waals surface area contributed by atoms with Crippen LogP contribution in [0.25, 0.3) is 22.0 Å². The van der Waals surface area contributed by atoms with Crippen molar-refractivity contribution in [1.29, 1.82) is 0 Å². The van der Waals surface area contributed by atoms with Gasteiger partial charge >= 0.3 is 0 Å². The number of Topliss-reactive ketones (excluding diaryl/α,β-unsaturated/α-hetero) is 1. The van der Waals surface area contributed by atoms with E-state index in [0.29, 0.717) is 19.1 Å². The number of rotatable bonds is 6. The molecule has 0 bridgehead atoms. The van der Waals surface area contributed by atoms with Crippen LogP contribution in [0.2, 0.25) is 0 Å². The first-order valence-corrected chi connectivity index (χ1v) is 9.63. The Morgan fingerprint density at radius 2 is 2.04 bits per heavy atom. The van der Waals surface area contributed by atoms with Gasteiger partial charge in [-0.25, -0.2) is 0 Å². The lowest BCUT2D eigenvalue weighted by Gasteiger charge is -2.30. The van der Waals surface area contributed by atoms with Crippen LogP contribution in [0.5, 0.6) is 0 Å². The van der Waals surface area contributed by atoms with E-state index in [9.17, 15) is 4.79 Å². The van der Waals surface area contributed by atoms with Crippen LogP contribution in [0.15, 0.2) is 36.7 Å². The maximum absolute atomic E-state index is 12.5. The number of likely N-dealkylation sites (tertiary alicyclic amines) is 1. The number of methoxy groups -OCH3 is 1. The van der Waals surface area contributed by atoms with Gasteiger partial charge in [0.05, 0.1) is 25.3 Å². The average Bonchev–Trinajstić information content (AvgIpc) is 3.14. The third kappa shape index (κ3) is 4.26. The van der Waals surface area contributed by atoms with Gasteiger partial charge in [0.2, 0.25) is 0 Å². The summed E-state index contributed by atoms with van der Waals surface area (Å²) in [6.45, 7) is 2.31. The summed E-state index contributed by atoms with van der Waals surface area (Å²) in [7, 11) is 3.61. The molecule has 146 valence electrons. The number of aromatic nitrogens is 4. The SMILES string of the molecule is COC1CCN(CC(=O)Cc2cc3cc(-c4cn(C)nn4)ccc3cn2)CC1. The molecule has 1 aliphatic rings. The van der Waals surface area contributed by atoms with E-state index in [0.717, 1.165) is 53.7 Å². The van der Waals surface area contributed by atoms with Crippen LogP contribution >= 0.6 is 0 Å². The molecule has 0 aliphatic carbocycles. The highest BCUT2D eigenvalue weighted by Gasteiger charge is 2.20. The van der Waals surface area contributed by atoms with E-state index in [4.69, 9.17) is 4.74 Å². The molecule has 1 fully saturated rings. The van der Waals surface area contributed by atoms with Crippen LogP contribution in [-0.2, 0) is 23.0 Å². The molecule has 4 rings (SSSR count). The summed E-state index contributed by atoms with van der Waals surface area (Å²) in [4.78, 5) is 19.2. The molecule has 1 aromatic carbocycles. The van der Waals surface area contributed by atoms with Gasteiger partial charge in [0.1, 0.15) is 5.69 Å². The minimum atomic E-state index is 0.202. The number of nitrogens with zero attached hydrogens (tertiary/aromatic N) is 5. The quantitative estimate of drug-likeness (QED) is 0.654. The number of pyridine rings is 1. The lowest BCUT2D eigenvalue weighted by atomic mass is 10.0. The second-order valence-electron chi connectivity index (χ2n) is 7.44. The smallest absolute Gasteiger partial charge is 0.152 e. The van der Waals surface area contributed by atoms with Gasteiger partial charge in [-0.3, -0.25) is 19.4 Å². The van der Waals surface area contributed by atoms with E-state index in [1.54, 1.807) is 11.8 Å². The molecule has 1 saturated heterocycles. The molecular weight excluding hydrogens is 354 g/mol. The Labute approximate surface area is 164 Å². The molecule has 0 radical (unpaired) electrons. The van der Waals surface area contributed by atoms with Crippen LogP contribution in [0.4, 0.5) is 0 Å². The van der Waals surface area contributed by atoms with E-state index in [-0.39, 0.29) is 5.78 Å². The summed E-state index contributed by atoms with van der Waals surface area (Å²) >= 11 is 0. The van der Waals surface area contributed by atoms with E-state index in [1.807, 2.05) is 37.6 Å². The van der Waals surface area contributed by atoms with Crippen LogP contribution in [0, 0.1) is 0 Å². The Kier molecular flexibility index (Phi) is 5.45. The Hall–Kier alpha value is -2.64. The molecule has 7 nitrogen and oxygen atoms in total. The summed E-state index contributed by atoms with van der Waals surface area (Å²) < 4.78 is 7.08. The number of carbonyl (C=O) groups excluding carboxylic acids is 1. The fourth-order valence-corrected chi connectivity index (χ4v) is 3.73. The van der Waals surface area contributed by atoms with E-state index < -0.39 is 0 Å². The Morgan fingerprint density at radius 1 is 1.21 bits per heavy atom. The molecule has 0 saturated carbocycles. The second-order valence-corrected chi connectivity index (χ2v) is 7.44. The van der Waals surface area contributed by atoms with Gasteiger partial charge < -0.3 is 4.74 Å². The predicted octanol–water partition coefficient (Wildman–Crippen LogP) is 2.25. The molecule has 3 heterocycles. The van der Waals surface area contributed by atoms with Crippen LogP contribution in [-0.4, -0.2) is 63.5 Å². The summed E-state index contributed by atoms with van der Waals surface area (Å²) in [5.41, 5.74) is 2.64. The first-order valence-electron chi connectivity index (χ1n) is 9.63. The summed E-state index contributed by atoms with van der Waals surface area (Å²) in [6, 6.07) is 8.12. The molecular formula is C21H25N5O2. The molecule has 1 aliphatic heterocycles. The number of benzene rings is 1. The molecule has 28 heavy (non-hydrogen) atoms. The number of hydrogen-bond acceptors (Lipinski definition) is 6. The number of hydrogen-bond donors (Lipinski definition) is 0. The zero-order valence-electron chi connectivity index (χ0n) is 16.3. The van der Waals surface area contributed by atoms with Crippen molar-refractivity contribution in [2.24, 2.45) is 7.05 Å². The highest BCUT2D eigenvalue weighted by molar-refractivity contribution is 5.88. The monoisotopic (exact) mass is 379 g/mol. The van der Waals surface area contributed by atoms with Crippen LogP contribution in [0.1, 0.15) is 18.5 Å². The van der Waals surface area contributed by atoms with Crippen LogP contribution < -0.4 is 0 Å². The van der Waals surface area contributed by atoms with Crippen molar-refractivity contribution in [3.05, 3.63) is 42.4 Å². The largest absolute Gasteiger partial charge is 0.381 e. The standard InChI is InChI=1S/C21H25N5O2/c1-25-14-21(23-24-25)15-3-4-16-12-22-18(10-17(16)9-15)11-19(27)13-26-7-5-20(28-2)6-8-26/h3-4,9-10,12,14,20H,5-8,11,13H2,1-2H3. The molecule has 0 N–H and O–H groups in total. The number of fused-ring (bicyclic) bond motifs is 1. The molecule has 0 unspecified atom stereocenters. The maximum Gasteiger partial charge on any atom is 0.152 e. The Balaban J connectivity index is 1.44. The first kappa shape index (κ1) is 18.7. The van der Waals surface area contributed by atoms with Crippen molar-refractivity contribution in [3.8, 4) is 11.3 Å². The molecule has 2 aromatic heterocycles. The van der Waals surface area contributed by atoms with Crippen molar-refractivity contribution >= 4 is 16.6 Å². The maximum atomic E-state index is 12.5. The molecule has 0 spiro atoms. The number of carbonyl (C=O) groups is 1. The zero-order chi connectivity index (χ0) is 19.5. The lowest BCUT2D eigenvalue weighted by Crippen LogP contribution is -2.39.